The molecule has 6 rings (SSSR count). The molecule has 1 heterocycles. The predicted octanol–water partition coefficient (Wildman–Crippen LogP) is 5.18. The second-order valence-corrected chi connectivity index (χ2v) is 15.2. The van der Waals surface area contributed by atoms with Gasteiger partial charge in [-0.2, -0.15) is 5.21 Å². The van der Waals surface area contributed by atoms with E-state index in [0.717, 1.165) is 66.3 Å². The van der Waals surface area contributed by atoms with Crippen LogP contribution in [-0.4, -0.2) is 93.2 Å². The van der Waals surface area contributed by atoms with Crippen LogP contribution in [0.4, 0.5) is 10.5 Å². The lowest BCUT2D eigenvalue weighted by Crippen LogP contribution is -2.48. The van der Waals surface area contributed by atoms with Crippen LogP contribution in [0.2, 0.25) is 0 Å². The summed E-state index contributed by atoms with van der Waals surface area (Å²) in [4.78, 5) is 53.9. The number of carbonyl (C=O) groups is 4. The Bertz CT molecular complexity index is 1920. The summed E-state index contributed by atoms with van der Waals surface area (Å²) in [5.74, 6) is -0.259. The van der Waals surface area contributed by atoms with Crippen molar-refractivity contribution in [1.82, 2.24) is 41.5 Å². The number of hydrogen-bond donors (Lipinski definition) is 6. The highest BCUT2D eigenvalue weighted by Gasteiger charge is 2.30. The molecular formula is C41H51N9O5. The molecule has 0 bridgehead atoms. The van der Waals surface area contributed by atoms with E-state index in [1.165, 1.54) is 0 Å². The van der Waals surface area contributed by atoms with Crippen molar-refractivity contribution in [3.05, 3.63) is 83.4 Å². The molecule has 290 valence electrons. The van der Waals surface area contributed by atoms with E-state index < -0.39 is 12.1 Å². The van der Waals surface area contributed by atoms with Crippen LogP contribution in [-0.2, 0) is 16.0 Å². The number of benzene rings is 3. The Kier molecular flexibility index (Phi) is 12.9. The van der Waals surface area contributed by atoms with Crippen LogP contribution in [0, 0.1) is 18.8 Å². The van der Waals surface area contributed by atoms with Crippen molar-refractivity contribution in [2.45, 2.75) is 82.8 Å². The number of hydrogen-bond acceptors (Lipinski definition) is 8. The molecule has 2 aliphatic rings. The fourth-order valence-corrected chi connectivity index (χ4v) is 7.73. The Hall–Kier alpha value is -5.63. The number of aromatic nitrogens is 4. The Morgan fingerprint density at radius 2 is 1.55 bits per heavy atom. The third kappa shape index (κ3) is 10.7. The zero-order valence-corrected chi connectivity index (χ0v) is 31.7. The maximum atomic E-state index is 13.8. The molecule has 2 saturated carbocycles. The molecule has 1 atom stereocenters. The van der Waals surface area contributed by atoms with Gasteiger partial charge in [0.25, 0.3) is 5.91 Å². The average molecular weight is 750 g/mol. The monoisotopic (exact) mass is 749 g/mol. The van der Waals surface area contributed by atoms with Gasteiger partial charge in [0, 0.05) is 47.8 Å². The first-order chi connectivity index (χ1) is 26.5. The lowest BCUT2D eigenvalue weighted by molar-refractivity contribution is -0.130. The molecule has 0 spiro atoms. The van der Waals surface area contributed by atoms with Gasteiger partial charge in [-0.25, -0.2) is 4.79 Å². The highest BCUT2D eigenvalue weighted by Crippen LogP contribution is 2.29. The standard InChI is InChI=1S/C41H51N9O5/c1-25-20-31(23-32(21-25)39(52)43-34-16-18-35(19-17-34)50(2)3)28-8-4-26(5-9-28)22-36(45-38(51)30-10-6-27(7-11-30)24-42-41(54)55)40(53)44-33-14-12-29(13-15-33)37-46-48-49-47-37/h4-5,8-9,12-15,20-21,23,27,30,34-36,42H,6-7,10-11,16-19,22,24H2,1-3H3,(H,43,52)(H,44,53)(H,45,51)(H,54,55)(H,46,47,48,49)/t27?,30?,34?,35?,36-/m0/s1. The molecule has 14 heteroatoms. The second kappa shape index (κ2) is 18.1. The summed E-state index contributed by atoms with van der Waals surface area (Å²) in [6.07, 6.45) is 5.97. The number of H-pyrrole nitrogens is 1. The normalized spacial score (nSPS) is 20.3. The summed E-state index contributed by atoms with van der Waals surface area (Å²) in [7, 11) is 4.22. The van der Waals surface area contributed by atoms with E-state index in [0.29, 0.717) is 42.5 Å². The van der Waals surface area contributed by atoms with E-state index in [9.17, 15) is 19.2 Å². The van der Waals surface area contributed by atoms with Crippen molar-refractivity contribution in [2.75, 3.05) is 26.0 Å². The lowest BCUT2D eigenvalue weighted by Gasteiger charge is -2.33. The summed E-state index contributed by atoms with van der Waals surface area (Å²) in [5.41, 5.74) is 5.63. The zero-order chi connectivity index (χ0) is 38.9. The molecule has 4 amide bonds. The largest absolute Gasteiger partial charge is 0.465 e. The van der Waals surface area contributed by atoms with E-state index in [-0.39, 0.29) is 42.0 Å². The molecule has 1 aromatic heterocycles. The zero-order valence-electron chi connectivity index (χ0n) is 31.7. The van der Waals surface area contributed by atoms with Crippen molar-refractivity contribution in [3.63, 3.8) is 0 Å². The highest BCUT2D eigenvalue weighted by atomic mass is 16.4. The number of tetrazole rings is 1. The number of carboxylic acid groups (broad SMARTS) is 1. The number of aromatic amines is 1. The summed E-state index contributed by atoms with van der Waals surface area (Å²) in [6.45, 7) is 2.35. The van der Waals surface area contributed by atoms with Crippen molar-refractivity contribution < 1.29 is 24.3 Å². The topological polar surface area (TPSA) is 194 Å². The molecule has 4 aromatic rings. The van der Waals surface area contributed by atoms with Crippen LogP contribution in [0.25, 0.3) is 22.5 Å². The molecule has 3 aromatic carbocycles. The SMILES string of the molecule is Cc1cc(C(=O)NC2CCC(N(C)C)CC2)cc(-c2ccc(C[C@H](NC(=O)C3CCC(CNC(=O)O)CC3)C(=O)Nc3ccc(-c4nn[nH]n4)cc3)cc2)c1. The lowest BCUT2D eigenvalue weighted by atomic mass is 9.81. The van der Waals surface area contributed by atoms with Crippen LogP contribution in [0.1, 0.15) is 72.9 Å². The number of aryl methyl sites for hydroxylation is 1. The van der Waals surface area contributed by atoms with Crippen molar-refractivity contribution in [2.24, 2.45) is 11.8 Å². The van der Waals surface area contributed by atoms with Gasteiger partial charge in [0.1, 0.15) is 6.04 Å². The quantitative estimate of drug-likeness (QED) is 0.107. The van der Waals surface area contributed by atoms with Gasteiger partial charge < -0.3 is 31.3 Å². The van der Waals surface area contributed by atoms with Crippen LogP contribution in [0.5, 0.6) is 0 Å². The Morgan fingerprint density at radius 3 is 2.18 bits per heavy atom. The summed E-state index contributed by atoms with van der Waals surface area (Å²) in [5, 5.41) is 34.6. The third-order valence-corrected chi connectivity index (χ3v) is 11.0. The first-order valence-electron chi connectivity index (χ1n) is 19.1. The van der Waals surface area contributed by atoms with Gasteiger partial charge in [-0.15, -0.1) is 10.2 Å². The summed E-state index contributed by atoms with van der Waals surface area (Å²) in [6, 6.07) is 20.7. The molecule has 6 N–H and O–H groups in total. The fourth-order valence-electron chi connectivity index (χ4n) is 7.73. The Labute approximate surface area is 321 Å². The fraction of sp³-hybridized carbons (Fsp3) is 0.439. The molecule has 0 unspecified atom stereocenters. The molecule has 14 nitrogen and oxygen atoms in total. The van der Waals surface area contributed by atoms with E-state index >= 15 is 0 Å². The van der Waals surface area contributed by atoms with Crippen molar-refractivity contribution >= 4 is 29.5 Å². The van der Waals surface area contributed by atoms with Gasteiger partial charge in [0.05, 0.1) is 0 Å². The first kappa shape index (κ1) is 39.1. The maximum absolute atomic E-state index is 13.8. The third-order valence-electron chi connectivity index (χ3n) is 11.0. The first-order valence-corrected chi connectivity index (χ1v) is 19.1. The number of nitrogens with one attached hydrogen (secondary N) is 5. The number of amides is 4. The van der Waals surface area contributed by atoms with Gasteiger partial charge in [0.2, 0.25) is 17.6 Å². The van der Waals surface area contributed by atoms with E-state index in [2.05, 4.69) is 67.0 Å². The molecule has 2 aliphatic carbocycles. The summed E-state index contributed by atoms with van der Waals surface area (Å²) >= 11 is 0. The predicted molar refractivity (Wildman–Crippen MR) is 209 cm³/mol. The second-order valence-electron chi connectivity index (χ2n) is 15.2. The molecule has 0 saturated heterocycles. The molecule has 0 aliphatic heterocycles. The minimum absolute atomic E-state index is 0.0608. The van der Waals surface area contributed by atoms with Crippen LogP contribution >= 0.6 is 0 Å². The van der Waals surface area contributed by atoms with Crippen LogP contribution < -0.4 is 21.3 Å². The van der Waals surface area contributed by atoms with E-state index in [1.807, 2.05) is 43.3 Å². The van der Waals surface area contributed by atoms with E-state index in [4.69, 9.17) is 5.11 Å². The van der Waals surface area contributed by atoms with Gasteiger partial charge in [-0.05, 0) is 142 Å². The Balaban J connectivity index is 1.13. The molecular weight excluding hydrogens is 699 g/mol. The maximum Gasteiger partial charge on any atom is 0.404 e. The highest BCUT2D eigenvalue weighted by molar-refractivity contribution is 5.98. The van der Waals surface area contributed by atoms with Crippen LogP contribution in [0.15, 0.2) is 66.7 Å². The van der Waals surface area contributed by atoms with Crippen LogP contribution in [0.3, 0.4) is 0 Å². The van der Waals surface area contributed by atoms with Gasteiger partial charge >= 0.3 is 6.09 Å². The minimum Gasteiger partial charge on any atom is -0.465 e. The van der Waals surface area contributed by atoms with Gasteiger partial charge in [-0.3, -0.25) is 14.4 Å². The van der Waals surface area contributed by atoms with Gasteiger partial charge in [0.15, 0.2) is 0 Å². The summed E-state index contributed by atoms with van der Waals surface area (Å²) < 4.78 is 0. The van der Waals surface area contributed by atoms with Crippen molar-refractivity contribution in [3.8, 4) is 22.5 Å². The Morgan fingerprint density at radius 1 is 0.855 bits per heavy atom. The van der Waals surface area contributed by atoms with Crippen molar-refractivity contribution in [1.29, 1.82) is 0 Å². The van der Waals surface area contributed by atoms with Gasteiger partial charge in [-0.1, -0.05) is 30.3 Å². The number of carbonyl (C=O) groups excluding carboxylic acids is 3. The smallest absolute Gasteiger partial charge is 0.404 e. The average Bonchev–Trinajstić information content (AvgIpc) is 3.73. The molecule has 2 fully saturated rings. The minimum atomic E-state index is -1.05. The number of rotatable bonds is 13. The molecule has 55 heavy (non-hydrogen) atoms. The van der Waals surface area contributed by atoms with E-state index in [1.54, 1.807) is 24.3 Å². The number of nitrogens with zero attached hydrogens (tertiary/aromatic N) is 4. The number of anilines is 1. The molecule has 0 radical (unpaired) electrons.